The molecule has 15 heavy (non-hydrogen) atoms. The Kier molecular flexibility index (Phi) is 3.28. The first-order chi connectivity index (χ1) is 6.75. The number of Topliss-reactive ketones (excluding diaryl/α,β-unsaturated/α-hetero) is 1. The van der Waals surface area contributed by atoms with Crippen molar-refractivity contribution in [1.29, 1.82) is 0 Å². The van der Waals surface area contributed by atoms with E-state index in [1.807, 2.05) is 0 Å². The van der Waals surface area contributed by atoms with E-state index >= 15 is 0 Å². The molecule has 0 aromatic carbocycles. The molecule has 0 saturated heterocycles. The zero-order valence-electron chi connectivity index (χ0n) is 8.59. The number of carbonyl (C=O) groups excluding carboxylic acids is 1. The number of aromatic nitrogens is 2. The predicted octanol–water partition coefficient (Wildman–Crippen LogP) is 3.06. The first-order valence-electron chi connectivity index (χ1n) is 4.40. The fourth-order valence-electron chi connectivity index (χ4n) is 1.15. The maximum atomic E-state index is 12.9. The monoisotopic (exact) mass is 280 g/mol. The third kappa shape index (κ3) is 2.42. The van der Waals surface area contributed by atoms with Gasteiger partial charge in [-0.15, -0.1) is 0 Å². The Hall–Kier alpha value is -0.780. The summed E-state index contributed by atoms with van der Waals surface area (Å²) in [4.78, 5) is 11.4. The van der Waals surface area contributed by atoms with Crippen molar-refractivity contribution in [3.8, 4) is 0 Å². The summed E-state index contributed by atoms with van der Waals surface area (Å²) in [5.41, 5.74) is -0.0856. The van der Waals surface area contributed by atoms with Gasteiger partial charge in [0.2, 0.25) is 0 Å². The van der Waals surface area contributed by atoms with Gasteiger partial charge >= 0.3 is 5.92 Å². The van der Waals surface area contributed by atoms with Crippen LogP contribution in [0.4, 0.5) is 8.78 Å². The number of hydrogen-bond donors (Lipinski definition) is 0. The minimum atomic E-state index is -3.38. The lowest BCUT2D eigenvalue weighted by Crippen LogP contribution is -2.28. The van der Waals surface area contributed by atoms with Crippen molar-refractivity contribution in [2.45, 2.75) is 32.7 Å². The lowest BCUT2D eigenvalue weighted by atomic mass is 10.2. The zero-order chi connectivity index (χ0) is 11.8. The van der Waals surface area contributed by atoms with E-state index in [2.05, 4.69) is 21.0 Å². The molecule has 0 aliphatic rings. The van der Waals surface area contributed by atoms with Crippen molar-refractivity contribution in [1.82, 2.24) is 9.78 Å². The summed E-state index contributed by atoms with van der Waals surface area (Å²) < 4.78 is 27.4. The van der Waals surface area contributed by atoms with Crippen LogP contribution in [0.2, 0.25) is 0 Å². The van der Waals surface area contributed by atoms with Gasteiger partial charge in [-0.3, -0.25) is 9.48 Å². The molecule has 0 unspecified atom stereocenters. The first kappa shape index (κ1) is 12.3. The van der Waals surface area contributed by atoms with Crippen LogP contribution in [0.5, 0.6) is 0 Å². The Morgan fingerprint density at radius 2 is 2.13 bits per heavy atom. The van der Waals surface area contributed by atoms with E-state index in [1.54, 1.807) is 13.8 Å². The van der Waals surface area contributed by atoms with Gasteiger partial charge in [-0.2, -0.15) is 13.9 Å². The summed E-state index contributed by atoms with van der Waals surface area (Å²) in [5.74, 6) is -4.60. The van der Waals surface area contributed by atoms with Crippen LogP contribution in [0.25, 0.3) is 0 Å². The molecule has 0 bridgehead atoms. The average molecular weight is 281 g/mol. The second kappa shape index (κ2) is 4.00. The molecule has 0 fully saturated rings. The van der Waals surface area contributed by atoms with Crippen LogP contribution in [-0.4, -0.2) is 21.5 Å². The van der Waals surface area contributed by atoms with Gasteiger partial charge in [0.1, 0.15) is 5.69 Å². The van der Waals surface area contributed by atoms with Gasteiger partial charge in [-0.25, -0.2) is 0 Å². The van der Waals surface area contributed by atoms with E-state index in [0.29, 0.717) is 11.4 Å². The third-order valence-electron chi connectivity index (χ3n) is 1.85. The number of alkyl halides is 2. The van der Waals surface area contributed by atoms with E-state index < -0.39 is 11.7 Å². The molecule has 1 aromatic heterocycles. The highest BCUT2D eigenvalue weighted by atomic mass is 79.9. The van der Waals surface area contributed by atoms with Crippen molar-refractivity contribution < 1.29 is 13.6 Å². The Bertz CT molecular complexity index is 382. The van der Waals surface area contributed by atoms with Crippen LogP contribution >= 0.6 is 15.9 Å². The standard InChI is InChI=1S/C9H11BrF2N2O/c1-5(2)14-7(6(10)4-13-14)8(15)9(3,11)12/h4-5H,1-3H3. The minimum Gasteiger partial charge on any atom is -0.286 e. The number of hydrogen-bond acceptors (Lipinski definition) is 2. The molecular formula is C9H11BrF2N2O. The van der Waals surface area contributed by atoms with Crippen LogP contribution in [0.1, 0.15) is 37.3 Å². The van der Waals surface area contributed by atoms with Gasteiger partial charge in [0, 0.05) is 13.0 Å². The SMILES string of the molecule is CC(C)n1ncc(Br)c1C(=O)C(C)(F)F. The smallest absolute Gasteiger partial charge is 0.286 e. The molecule has 6 heteroatoms. The molecule has 1 rings (SSSR count). The highest BCUT2D eigenvalue weighted by Crippen LogP contribution is 2.26. The number of ketones is 1. The van der Waals surface area contributed by atoms with E-state index in [4.69, 9.17) is 0 Å². The molecule has 0 spiro atoms. The van der Waals surface area contributed by atoms with E-state index in [9.17, 15) is 13.6 Å². The maximum Gasteiger partial charge on any atom is 0.308 e. The second-order valence-corrected chi connectivity index (χ2v) is 4.45. The molecule has 84 valence electrons. The molecule has 3 nitrogen and oxygen atoms in total. The molecule has 0 N–H and O–H groups in total. The first-order valence-corrected chi connectivity index (χ1v) is 5.20. The summed E-state index contributed by atoms with van der Waals surface area (Å²) in [6.45, 7) is 4.12. The second-order valence-electron chi connectivity index (χ2n) is 3.60. The molecule has 1 heterocycles. The van der Waals surface area contributed by atoms with Gasteiger partial charge in [0.15, 0.2) is 0 Å². The Balaban J connectivity index is 3.24. The van der Waals surface area contributed by atoms with E-state index in [0.717, 1.165) is 0 Å². The molecule has 0 radical (unpaired) electrons. The van der Waals surface area contributed by atoms with Gasteiger partial charge in [0.25, 0.3) is 5.78 Å². The summed E-state index contributed by atoms with van der Waals surface area (Å²) in [5, 5.41) is 3.87. The Morgan fingerprint density at radius 3 is 2.53 bits per heavy atom. The number of halogens is 3. The molecule has 0 aliphatic heterocycles. The summed E-state index contributed by atoms with van der Waals surface area (Å²) in [6, 6.07) is -0.141. The van der Waals surface area contributed by atoms with E-state index in [1.165, 1.54) is 10.9 Å². The largest absolute Gasteiger partial charge is 0.308 e. The Labute approximate surface area is 94.6 Å². The van der Waals surface area contributed by atoms with Crippen molar-refractivity contribution in [3.63, 3.8) is 0 Å². The summed E-state index contributed by atoms with van der Waals surface area (Å²) in [7, 11) is 0. The summed E-state index contributed by atoms with van der Waals surface area (Å²) >= 11 is 3.04. The van der Waals surface area contributed by atoms with Crippen LogP contribution in [0.3, 0.4) is 0 Å². The topological polar surface area (TPSA) is 34.9 Å². The van der Waals surface area contributed by atoms with Crippen LogP contribution in [0, 0.1) is 0 Å². The van der Waals surface area contributed by atoms with Crippen molar-refractivity contribution in [2.75, 3.05) is 0 Å². The highest BCUT2D eigenvalue weighted by molar-refractivity contribution is 9.10. The average Bonchev–Trinajstić information content (AvgIpc) is 2.44. The Morgan fingerprint density at radius 1 is 1.60 bits per heavy atom. The molecule has 1 aromatic rings. The molecule has 0 atom stereocenters. The number of carbonyl (C=O) groups is 1. The number of rotatable bonds is 3. The molecule has 0 saturated carbocycles. The van der Waals surface area contributed by atoms with Gasteiger partial charge in [-0.05, 0) is 29.8 Å². The predicted molar refractivity (Wildman–Crippen MR) is 55.3 cm³/mol. The maximum absolute atomic E-state index is 12.9. The molecular weight excluding hydrogens is 270 g/mol. The zero-order valence-corrected chi connectivity index (χ0v) is 10.2. The van der Waals surface area contributed by atoms with Crippen LogP contribution in [-0.2, 0) is 0 Å². The van der Waals surface area contributed by atoms with Crippen molar-refractivity contribution >= 4 is 21.7 Å². The van der Waals surface area contributed by atoms with Crippen molar-refractivity contribution in [3.05, 3.63) is 16.4 Å². The van der Waals surface area contributed by atoms with Gasteiger partial charge < -0.3 is 0 Å². The normalized spacial score (nSPS) is 12.2. The van der Waals surface area contributed by atoms with Gasteiger partial charge in [0.05, 0.1) is 10.7 Å². The lowest BCUT2D eigenvalue weighted by Gasteiger charge is -2.13. The third-order valence-corrected chi connectivity index (χ3v) is 2.43. The summed E-state index contributed by atoms with van der Waals surface area (Å²) in [6.07, 6.45) is 1.35. The van der Waals surface area contributed by atoms with E-state index in [-0.39, 0.29) is 11.7 Å². The quantitative estimate of drug-likeness (QED) is 0.798. The fraction of sp³-hybridized carbons (Fsp3) is 0.556. The highest BCUT2D eigenvalue weighted by Gasteiger charge is 2.37. The number of nitrogens with zero attached hydrogens (tertiary/aromatic N) is 2. The molecule has 0 amide bonds. The lowest BCUT2D eigenvalue weighted by molar-refractivity contribution is 0.0208. The minimum absolute atomic E-state index is 0.0856. The van der Waals surface area contributed by atoms with Crippen molar-refractivity contribution in [2.24, 2.45) is 0 Å². The van der Waals surface area contributed by atoms with Crippen LogP contribution in [0.15, 0.2) is 10.7 Å². The molecule has 0 aliphatic carbocycles. The van der Waals surface area contributed by atoms with Gasteiger partial charge in [-0.1, -0.05) is 0 Å². The fourth-order valence-corrected chi connectivity index (χ4v) is 1.61. The van der Waals surface area contributed by atoms with Crippen LogP contribution < -0.4 is 0 Å².